The molecule has 9 heteroatoms. The normalized spacial score (nSPS) is 11.5. The Morgan fingerprint density at radius 1 is 0.943 bits per heavy atom. The minimum Gasteiger partial charge on any atom is -0.377 e. The van der Waals surface area contributed by atoms with E-state index in [1.165, 1.54) is 6.21 Å². The Morgan fingerprint density at radius 2 is 1.57 bits per heavy atom. The molecule has 0 heterocycles. The second kappa shape index (κ2) is 11.0. The highest BCUT2D eigenvalue weighted by Gasteiger charge is 2.27. The van der Waals surface area contributed by atoms with Crippen molar-refractivity contribution in [2.24, 2.45) is 5.10 Å². The van der Waals surface area contributed by atoms with Crippen LogP contribution in [0.15, 0.2) is 75.1 Å². The quantitative estimate of drug-likeness (QED) is 0.319. The molecule has 35 heavy (non-hydrogen) atoms. The third kappa shape index (κ3) is 6.70. The Balaban J connectivity index is 1.85. The number of sulfonamides is 1. The molecule has 0 spiro atoms. The molecule has 1 amide bonds. The third-order valence-corrected chi connectivity index (χ3v) is 7.67. The van der Waals surface area contributed by atoms with E-state index < -0.39 is 22.5 Å². The van der Waals surface area contributed by atoms with Gasteiger partial charge in [0.2, 0.25) is 0 Å². The lowest BCUT2D eigenvalue weighted by Gasteiger charge is -2.24. The van der Waals surface area contributed by atoms with E-state index in [4.69, 9.17) is 0 Å². The smallest absolute Gasteiger partial charge is 0.264 e. The van der Waals surface area contributed by atoms with Crippen LogP contribution >= 0.6 is 15.9 Å². The number of benzene rings is 3. The van der Waals surface area contributed by atoms with E-state index in [2.05, 4.69) is 26.5 Å². The van der Waals surface area contributed by atoms with Gasteiger partial charge in [-0.3, -0.25) is 9.10 Å². The number of nitrogens with zero attached hydrogens (tertiary/aromatic N) is 3. The van der Waals surface area contributed by atoms with Gasteiger partial charge in [-0.25, -0.2) is 13.8 Å². The summed E-state index contributed by atoms with van der Waals surface area (Å²) in [5, 5.41) is 4.02. The number of aryl methyl sites for hydroxylation is 3. The van der Waals surface area contributed by atoms with Crippen molar-refractivity contribution in [3.8, 4) is 0 Å². The summed E-state index contributed by atoms with van der Waals surface area (Å²) in [7, 11) is -0.0961. The van der Waals surface area contributed by atoms with Gasteiger partial charge in [0.1, 0.15) is 6.54 Å². The zero-order valence-corrected chi connectivity index (χ0v) is 22.8. The second-order valence-corrected chi connectivity index (χ2v) is 11.3. The van der Waals surface area contributed by atoms with Crippen LogP contribution in [0.5, 0.6) is 0 Å². The van der Waals surface area contributed by atoms with Gasteiger partial charge in [-0.2, -0.15) is 5.10 Å². The average Bonchev–Trinajstić information content (AvgIpc) is 2.77. The lowest BCUT2D eigenvalue weighted by molar-refractivity contribution is -0.119. The maximum Gasteiger partial charge on any atom is 0.264 e. The summed E-state index contributed by atoms with van der Waals surface area (Å²) in [6, 6.07) is 17.7. The number of nitrogens with one attached hydrogen (secondary N) is 1. The lowest BCUT2D eigenvalue weighted by Crippen LogP contribution is -2.39. The first-order chi connectivity index (χ1) is 16.5. The summed E-state index contributed by atoms with van der Waals surface area (Å²) in [5.41, 5.74) is 7.40. The highest BCUT2D eigenvalue weighted by Crippen LogP contribution is 2.27. The number of hydrogen-bond acceptors (Lipinski definition) is 5. The first kappa shape index (κ1) is 26.4. The standard InChI is InChI=1S/C26H29BrN4O3S/c1-18-6-9-23(10-7-18)35(33,34)31(22-13-19(2)12-20(3)14-22)17-26(32)29-28-16-21-8-11-25(30(4)5)24(27)15-21/h6-16H,17H2,1-5H3,(H,29,32)/b28-16-. The number of hydrogen-bond donors (Lipinski definition) is 1. The van der Waals surface area contributed by atoms with Crippen LogP contribution in [0.25, 0.3) is 0 Å². The molecule has 0 atom stereocenters. The number of amides is 1. The molecule has 0 saturated carbocycles. The maximum absolute atomic E-state index is 13.5. The van der Waals surface area contributed by atoms with Gasteiger partial charge in [0.15, 0.2) is 0 Å². The molecular weight excluding hydrogens is 528 g/mol. The van der Waals surface area contributed by atoms with Gasteiger partial charge in [0.05, 0.1) is 22.5 Å². The van der Waals surface area contributed by atoms with Gasteiger partial charge in [0.25, 0.3) is 15.9 Å². The van der Waals surface area contributed by atoms with Crippen molar-refractivity contribution in [1.82, 2.24) is 5.43 Å². The SMILES string of the molecule is Cc1ccc(S(=O)(=O)N(CC(=O)N/N=C\c2ccc(N(C)C)c(Br)c2)c2cc(C)cc(C)c2)cc1. The van der Waals surface area contributed by atoms with Crippen molar-refractivity contribution in [2.45, 2.75) is 25.7 Å². The molecule has 0 aromatic heterocycles. The van der Waals surface area contributed by atoms with E-state index in [9.17, 15) is 13.2 Å². The maximum atomic E-state index is 13.5. The zero-order chi connectivity index (χ0) is 25.8. The highest BCUT2D eigenvalue weighted by molar-refractivity contribution is 9.10. The Labute approximate surface area is 215 Å². The van der Waals surface area contributed by atoms with Crippen LogP contribution in [0, 0.1) is 20.8 Å². The Hall–Kier alpha value is -3.17. The molecule has 0 aliphatic heterocycles. The Bertz CT molecular complexity index is 1330. The van der Waals surface area contributed by atoms with Crippen molar-refractivity contribution in [3.05, 3.63) is 87.4 Å². The van der Waals surface area contributed by atoms with Crippen molar-refractivity contribution >= 4 is 49.4 Å². The van der Waals surface area contributed by atoms with Crippen LogP contribution in [0.3, 0.4) is 0 Å². The molecule has 0 saturated heterocycles. The molecule has 3 aromatic rings. The molecule has 0 fully saturated rings. The van der Waals surface area contributed by atoms with Gasteiger partial charge >= 0.3 is 0 Å². The van der Waals surface area contributed by atoms with Gasteiger partial charge in [-0.1, -0.05) is 29.8 Å². The average molecular weight is 558 g/mol. The predicted octanol–water partition coefficient (Wildman–Crippen LogP) is 4.79. The Kier molecular flexibility index (Phi) is 8.34. The van der Waals surface area contributed by atoms with Crippen LogP contribution in [0.4, 0.5) is 11.4 Å². The summed E-state index contributed by atoms with van der Waals surface area (Å²) in [6.07, 6.45) is 1.51. The number of halogens is 1. The van der Waals surface area contributed by atoms with Crippen molar-refractivity contribution in [2.75, 3.05) is 29.8 Å². The lowest BCUT2D eigenvalue weighted by atomic mass is 10.1. The summed E-state index contributed by atoms with van der Waals surface area (Å²) < 4.78 is 29.0. The summed E-state index contributed by atoms with van der Waals surface area (Å²) in [5.74, 6) is -0.555. The number of rotatable bonds is 8. The van der Waals surface area contributed by atoms with Crippen LogP contribution in [-0.2, 0) is 14.8 Å². The summed E-state index contributed by atoms with van der Waals surface area (Å²) >= 11 is 3.52. The molecule has 0 bridgehead atoms. The van der Waals surface area contributed by atoms with E-state index in [1.807, 2.05) is 64.0 Å². The van der Waals surface area contributed by atoms with Crippen LogP contribution in [-0.4, -0.2) is 41.2 Å². The molecule has 0 aliphatic rings. The summed E-state index contributed by atoms with van der Waals surface area (Å²) in [6.45, 7) is 5.24. The number of carbonyl (C=O) groups excluding carboxylic acids is 1. The molecule has 0 unspecified atom stereocenters. The van der Waals surface area contributed by atoms with Crippen molar-refractivity contribution in [1.29, 1.82) is 0 Å². The molecule has 184 valence electrons. The fourth-order valence-electron chi connectivity index (χ4n) is 3.56. The third-order valence-electron chi connectivity index (χ3n) is 5.25. The van der Waals surface area contributed by atoms with E-state index in [1.54, 1.807) is 36.4 Å². The fraction of sp³-hybridized carbons (Fsp3) is 0.231. The van der Waals surface area contributed by atoms with E-state index in [0.29, 0.717) is 5.69 Å². The van der Waals surface area contributed by atoms with E-state index >= 15 is 0 Å². The van der Waals surface area contributed by atoms with Crippen LogP contribution in [0.1, 0.15) is 22.3 Å². The zero-order valence-electron chi connectivity index (χ0n) is 20.4. The van der Waals surface area contributed by atoms with Crippen LogP contribution in [0.2, 0.25) is 0 Å². The minimum absolute atomic E-state index is 0.115. The molecule has 0 radical (unpaired) electrons. The monoisotopic (exact) mass is 556 g/mol. The largest absolute Gasteiger partial charge is 0.377 e. The van der Waals surface area contributed by atoms with Crippen molar-refractivity contribution in [3.63, 3.8) is 0 Å². The first-order valence-corrected chi connectivity index (χ1v) is 13.2. The van der Waals surface area contributed by atoms with E-state index in [-0.39, 0.29) is 4.90 Å². The fourth-order valence-corrected chi connectivity index (χ4v) is 5.71. The molecule has 7 nitrogen and oxygen atoms in total. The van der Waals surface area contributed by atoms with E-state index in [0.717, 1.165) is 36.7 Å². The molecule has 0 aliphatic carbocycles. The van der Waals surface area contributed by atoms with Crippen LogP contribution < -0.4 is 14.6 Å². The topological polar surface area (TPSA) is 82.1 Å². The summed E-state index contributed by atoms with van der Waals surface area (Å²) in [4.78, 5) is 14.9. The highest BCUT2D eigenvalue weighted by atomic mass is 79.9. The second-order valence-electron chi connectivity index (χ2n) is 8.57. The molecular formula is C26H29BrN4O3S. The first-order valence-electron chi connectivity index (χ1n) is 10.9. The van der Waals surface area contributed by atoms with Gasteiger partial charge in [0, 0.05) is 18.6 Å². The number of hydrazone groups is 1. The number of anilines is 2. The van der Waals surface area contributed by atoms with Gasteiger partial charge in [-0.15, -0.1) is 0 Å². The van der Waals surface area contributed by atoms with Gasteiger partial charge in [-0.05, 0) is 89.8 Å². The number of carbonyl (C=O) groups is 1. The molecule has 3 rings (SSSR count). The molecule has 3 aromatic carbocycles. The predicted molar refractivity (Wildman–Crippen MR) is 146 cm³/mol. The Morgan fingerprint density at radius 3 is 2.14 bits per heavy atom. The minimum atomic E-state index is -3.99. The molecule has 1 N–H and O–H groups in total. The van der Waals surface area contributed by atoms with Gasteiger partial charge < -0.3 is 4.90 Å². The van der Waals surface area contributed by atoms with Crippen molar-refractivity contribution < 1.29 is 13.2 Å².